The highest BCUT2D eigenvalue weighted by molar-refractivity contribution is 14.1. The molecular weight excluding hydrogens is 293 g/mol. The summed E-state index contributed by atoms with van der Waals surface area (Å²) in [6, 6.07) is 5.01. The number of nitrogens with zero attached hydrogens (tertiary/aromatic N) is 1. The van der Waals surface area contributed by atoms with Crippen LogP contribution in [0.3, 0.4) is 0 Å². The molecule has 0 saturated carbocycles. The van der Waals surface area contributed by atoms with E-state index in [9.17, 15) is 9.59 Å². The molecule has 0 saturated heterocycles. The number of carbonyl (C=O) groups excluding carboxylic acids is 2. The maximum atomic E-state index is 11.1. The summed E-state index contributed by atoms with van der Waals surface area (Å²) in [7, 11) is 0. The van der Waals surface area contributed by atoms with Crippen LogP contribution in [0.25, 0.3) is 0 Å². The highest BCUT2D eigenvalue weighted by atomic mass is 127. The molecule has 0 aliphatic carbocycles. The highest BCUT2D eigenvalue weighted by Gasteiger charge is 2.12. The van der Waals surface area contributed by atoms with Crippen LogP contribution in [0.1, 0.15) is 33.2 Å². The summed E-state index contributed by atoms with van der Waals surface area (Å²) < 4.78 is 0.535. The quantitative estimate of drug-likeness (QED) is 0.478. The smallest absolute Gasteiger partial charge is 0.160 e. The molecule has 0 unspecified atom stereocenters. The summed E-state index contributed by atoms with van der Waals surface area (Å²) in [5.74, 6) is -0.172. The van der Waals surface area contributed by atoms with Gasteiger partial charge in [-0.25, -0.2) is 0 Å². The predicted octanol–water partition coefficient (Wildman–Crippen LogP) is 2.18. The van der Waals surface area contributed by atoms with Gasteiger partial charge in [0.05, 0.1) is 5.56 Å². The Balaban J connectivity index is 3.53. The lowest BCUT2D eigenvalue weighted by Gasteiger charge is -2.04. The topological polar surface area (TPSA) is 57.9 Å². The Morgan fingerprint density at radius 3 is 2.64 bits per heavy atom. The van der Waals surface area contributed by atoms with Crippen molar-refractivity contribution in [3.05, 3.63) is 32.4 Å². The molecule has 0 radical (unpaired) electrons. The van der Waals surface area contributed by atoms with Crippen LogP contribution in [-0.4, -0.2) is 12.1 Å². The van der Waals surface area contributed by atoms with Crippen molar-refractivity contribution in [1.82, 2.24) is 0 Å². The summed E-state index contributed by atoms with van der Waals surface area (Å²) in [6.07, 6.45) is 0.610. The van der Waals surface area contributed by atoms with Crippen molar-refractivity contribution < 1.29 is 9.59 Å². The van der Waals surface area contributed by atoms with Gasteiger partial charge in [-0.3, -0.25) is 9.59 Å². The Morgan fingerprint density at radius 2 is 2.21 bits per heavy atom. The van der Waals surface area contributed by atoms with Crippen molar-refractivity contribution in [2.24, 2.45) is 0 Å². The Labute approximate surface area is 94.9 Å². The molecule has 4 heteroatoms. The lowest BCUT2D eigenvalue weighted by Crippen LogP contribution is -2.02. The monoisotopic (exact) mass is 299 g/mol. The van der Waals surface area contributed by atoms with Crippen LogP contribution in [0.5, 0.6) is 0 Å². The molecule has 0 bridgehead atoms. The van der Waals surface area contributed by atoms with Crippen molar-refractivity contribution in [2.75, 3.05) is 0 Å². The zero-order valence-corrected chi connectivity index (χ0v) is 9.53. The van der Waals surface area contributed by atoms with Gasteiger partial charge in [-0.05, 0) is 41.6 Å². The van der Waals surface area contributed by atoms with Crippen LogP contribution in [-0.2, 0) is 0 Å². The minimum Gasteiger partial charge on any atom is -0.298 e. The molecular formula is C10H6INO2. The average molecular weight is 299 g/mol. The van der Waals surface area contributed by atoms with Gasteiger partial charge in [0.15, 0.2) is 12.1 Å². The number of rotatable bonds is 2. The summed E-state index contributed by atoms with van der Waals surface area (Å²) in [5, 5.41) is 8.71. The molecule has 14 heavy (non-hydrogen) atoms. The molecule has 0 heterocycles. The first-order valence-corrected chi connectivity index (χ1v) is 4.88. The van der Waals surface area contributed by atoms with E-state index in [0.717, 1.165) is 0 Å². The third kappa shape index (κ3) is 1.82. The Bertz CT molecular complexity index is 446. The molecule has 0 aliphatic heterocycles. The van der Waals surface area contributed by atoms with Gasteiger partial charge in [0, 0.05) is 14.7 Å². The second kappa shape index (κ2) is 4.33. The van der Waals surface area contributed by atoms with Crippen LogP contribution in [0.2, 0.25) is 0 Å². The number of carbonyl (C=O) groups is 2. The number of halogens is 1. The lowest BCUT2D eigenvalue weighted by molar-refractivity contribution is 0.100. The Hall–Kier alpha value is -1.22. The second-order valence-corrected chi connectivity index (χ2v) is 3.75. The summed E-state index contributed by atoms with van der Waals surface area (Å²) in [6.45, 7) is 1.39. The first kappa shape index (κ1) is 10.9. The van der Waals surface area contributed by atoms with Crippen LogP contribution in [0, 0.1) is 14.9 Å². The number of ketones is 1. The van der Waals surface area contributed by atoms with E-state index in [1.54, 1.807) is 6.07 Å². The van der Waals surface area contributed by atoms with Crippen LogP contribution in [0.15, 0.2) is 12.1 Å². The van der Waals surface area contributed by atoms with Crippen molar-refractivity contribution in [3.63, 3.8) is 0 Å². The zero-order chi connectivity index (χ0) is 10.7. The van der Waals surface area contributed by atoms with Gasteiger partial charge in [0.25, 0.3) is 0 Å². The van der Waals surface area contributed by atoms with Gasteiger partial charge in [-0.1, -0.05) is 0 Å². The van der Waals surface area contributed by atoms with Crippen LogP contribution >= 0.6 is 22.6 Å². The van der Waals surface area contributed by atoms with Gasteiger partial charge >= 0.3 is 0 Å². The molecule has 1 aromatic rings. The van der Waals surface area contributed by atoms with Gasteiger partial charge in [-0.2, -0.15) is 5.26 Å². The minimum absolute atomic E-state index is 0.172. The summed E-state index contributed by atoms with van der Waals surface area (Å²) in [4.78, 5) is 21.9. The van der Waals surface area contributed by atoms with Crippen molar-refractivity contribution in [2.45, 2.75) is 6.92 Å². The Morgan fingerprint density at radius 1 is 1.57 bits per heavy atom. The number of hydrogen-bond acceptors (Lipinski definition) is 3. The second-order valence-electron chi connectivity index (χ2n) is 2.67. The SMILES string of the molecule is CC(=O)c1ccc(C#N)c(I)c1C=O. The van der Waals surface area contributed by atoms with Gasteiger partial charge in [0.2, 0.25) is 0 Å². The van der Waals surface area contributed by atoms with Crippen molar-refractivity contribution >= 4 is 34.7 Å². The average Bonchev–Trinajstić information content (AvgIpc) is 2.17. The zero-order valence-electron chi connectivity index (χ0n) is 7.37. The number of nitriles is 1. The largest absolute Gasteiger partial charge is 0.298 e. The first-order chi connectivity index (χ1) is 6.61. The molecule has 0 N–H and O–H groups in total. The molecule has 0 amide bonds. The van der Waals surface area contributed by atoms with Gasteiger partial charge < -0.3 is 0 Å². The van der Waals surface area contributed by atoms with E-state index < -0.39 is 0 Å². The van der Waals surface area contributed by atoms with E-state index in [-0.39, 0.29) is 5.78 Å². The number of Topliss-reactive ketones (excluding diaryl/α,β-unsaturated/α-hetero) is 1. The first-order valence-electron chi connectivity index (χ1n) is 3.80. The van der Waals surface area contributed by atoms with Crippen molar-refractivity contribution in [1.29, 1.82) is 5.26 Å². The molecule has 0 aliphatic rings. The predicted molar refractivity (Wildman–Crippen MR) is 59.3 cm³/mol. The maximum absolute atomic E-state index is 11.1. The van der Waals surface area contributed by atoms with E-state index in [4.69, 9.17) is 5.26 Å². The summed E-state index contributed by atoms with van der Waals surface area (Å²) >= 11 is 1.89. The molecule has 1 rings (SSSR count). The van der Waals surface area contributed by atoms with E-state index in [1.807, 2.05) is 28.7 Å². The highest BCUT2D eigenvalue weighted by Crippen LogP contribution is 2.19. The number of hydrogen-bond donors (Lipinski definition) is 0. The van der Waals surface area contributed by atoms with Gasteiger partial charge in [-0.15, -0.1) is 0 Å². The third-order valence-corrected chi connectivity index (χ3v) is 2.96. The van der Waals surface area contributed by atoms with Gasteiger partial charge in [0.1, 0.15) is 6.07 Å². The van der Waals surface area contributed by atoms with E-state index in [1.165, 1.54) is 13.0 Å². The molecule has 0 aromatic heterocycles. The van der Waals surface area contributed by atoms with E-state index in [0.29, 0.717) is 26.5 Å². The fourth-order valence-corrected chi connectivity index (χ4v) is 1.82. The molecule has 0 atom stereocenters. The maximum Gasteiger partial charge on any atom is 0.160 e. The van der Waals surface area contributed by atoms with Crippen LogP contribution < -0.4 is 0 Å². The molecule has 1 aromatic carbocycles. The molecule has 3 nitrogen and oxygen atoms in total. The Kier molecular flexibility index (Phi) is 3.36. The fraction of sp³-hybridized carbons (Fsp3) is 0.100. The summed E-state index contributed by atoms with van der Waals surface area (Å²) in [5.41, 5.74) is 1.08. The standard InChI is InChI=1S/C10H6INO2/c1-6(14)8-3-2-7(4-12)10(11)9(8)5-13/h2-3,5H,1H3. The van der Waals surface area contributed by atoms with Crippen LogP contribution in [0.4, 0.5) is 0 Å². The third-order valence-electron chi connectivity index (χ3n) is 1.80. The number of aldehydes is 1. The van der Waals surface area contributed by atoms with Crippen molar-refractivity contribution in [3.8, 4) is 6.07 Å². The molecule has 0 spiro atoms. The normalized spacial score (nSPS) is 9.21. The molecule has 0 fully saturated rings. The molecule has 70 valence electrons. The van der Waals surface area contributed by atoms with E-state index in [2.05, 4.69) is 0 Å². The number of benzene rings is 1. The van der Waals surface area contributed by atoms with E-state index >= 15 is 0 Å². The lowest BCUT2D eigenvalue weighted by atomic mass is 10.0. The minimum atomic E-state index is -0.172. The fourth-order valence-electron chi connectivity index (χ4n) is 1.10.